The molecule has 4 nitrogen and oxygen atoms in total. The largest absolute Gasteiger partial charge is 0.492 e. The summed E-state index contributed by atoms with van der Waals surface area (Å²) in [5, 5.41) is 18.9. The smallest absolute Gasteiger partial charge is 0.488 e. The van der Waals surface area contributed by atoms with Crippen LogP contribution in [0.3, 0.4) is 0 Å². The highest BCUT2D eigenvalue weighted by molar-refractivity contribution is 6.58. The second kappa shape index (κ2) is 11.0. The quantitative estimate of drug-likeness (QED) is 0.414. The molecule has 0 saturated carbocycles. The van der Waals surface area contributed by atoms with E-state index in [-0.39, 0.29) is 0 Å². The topological polar surface area (TPSA) is 52.9 Å². The van der Waals surface area contributed by atoms with Crippen LogP contribution < -0.4 is 10.2 Å². The molecule has 0 bridgehead atoms. The van der Waals surface area contributed by atoms with Crippen LogP contribution >= 0.6 is 0 Å². The number of allylic oxidation sites excluding steroid dienone is 1. The van der Waals surface area contributed by atoms with Crippen LogP contribution in [0.25, 0.3) is 11.1 Å². The summed E-state index contributed by atoms with van der Waals surface area (Å²) in [6, 6.07) is 26.0. The summed E-state index contributed by atoms with van der Waals surface area (Å²) >= 11 is 0. The van der Waals surface area contributed by atoms with E-state index in [1.807, 2.05) is 44.4 Å². The fourth-order valence-electron chi connectivity index (χ4n) is 3.57. The van der Waals surface area contributed by atoms with E-state index >= 15 is 0 Å². The Morgan fingerprint density at radius 1 is 0.806 bits per heavy atom. The van der Waals surface area contributed by atoms with Crippen LogP contribution in [0.1, 0.15) is 30.0 Å². The first kappa shape index (κ1) is 22.8. The van der Waals surface area contributed by atoms with Crippen molar-refractivity contribution in [2.75, 3.05) is 27.2 Å². The first-order chi connectivity index (χ1) is 15.0. The minimum atomic E-state index is -1.47. The molecular weight excluding hydrogens is 385 g/mol. The first-order valence-corrected chi connectivity index (χ1v) is 10.6. The Hall–Kier alpha value is -2.86. The van der Waals surface area contributed by atoms with E-state index in [9.17, 15) is 10.0 Å². The van der Waals surface area contributed by atoms with Crippen LogP contribution in [0, 0.1) is 0 Å². The third-order valence-electron chi connectivity index (χ3n) is 5.23. The summed E-state index contributed by atoms with van der Waals surface area (Å²) in [6.45, 7) is 3.67. The van der Waals surface area contributed by atoms with Gasteiger partial charge in [0.1, 0.15) is 12.4 Å². The van der Waals surface area contributed by atoms with Gasteiger partial charge < -0.3 is 19.7 Å². The SMILES string of the molecule is CCC(=C(c1ccc(OCCN(C)C)cc1)c1ccc(B(O)O)cc1)c1ccccc1. The molecule has 2 N–H and O–H groups in total. The molecule has 0 saturated heterocycles. The molecule has 0 aliphatic rings. The average molecular weight is 415 g/mol. The van der Waals surface area contributed by atoms with E-state index < -0.39 is 7.12 Å². The number of rotatable bonds is 9. The van der Waals surface area contributed by atoms with Crippen molar-refractivity contribution in [3.63, 3.8) is 0 Å². The van der Waals surface area contributed by atoms with Gasteiger partial charge in [-0.15, -0.1) is 0 Å². The van der Waals surface area contributed by atoms with Crippen LogP contribution in [0.5, 0.6) is 5.75 Å². The van der Waals surface area contributed by atoms with Gasteiger partial charge in [0.25, 0.3) is 0 Å². The molecule has 0 aliphatic carbocycles. The minimum Gasteiger partial charge on any atom is -0.492 e. The lowest BCUT2D eigenvalue weighted by atomic mass is 9.79. The van der Waals surface area contributed by atoms with Gasteiger partial charge in [-0.2, -0.15) is 0 Å². The van der Waals surface area contributed by atoms with Crippen molar-refractivity contribution in [1.29, 1.82) is 0 Å². The Labute approximate surface area is 185 Å². The van der Waals surface area contributed by atoms with Gasteiger partial charge in [-0.05, 0) is 65.9 Å². The maximum atomic E-state index is 9.47. The Morgan fingerprint density at radius 3 is 1.90 bits per heavy atom. The third kappa shape index (κ3) is 6.08. The van der Waals surface area contributed by atoms with E-state index in [2.05, 4.69) is 48.2 Å². The zero-order valence-corrected chi connectivity index (χ0v) is 18.5. The molecule has 5 heteroatoms. The lowest BCUT2D eigenvalue weighted by Gasteiger charge is -2.17. The van der Waals surface area contributed by atoms with Crippen molar-refractivity contribution in [1.82, 2.24) is 4.90 Å². The highest BCUT2D eigenvalue weighted by atomic mass is 16.5. The van der Waals surface area contributed by atoms with Crippen molar-refractivity contribution in [3.05, 3.63) is 95.6 Å². The zero-order chi connectivity index (χ0) is 22.2. The highest BCUT2D eigenvalue weighted by Crippen LogP contribution is 2.34. The molecule has 0 aromatic heterocycles. The van der Waals surface area contributed by atoms with Crippen molar-refractivity contribution >= 4 is 23.7 Å². The Kier molecular flexibility index (Phi) is 8.07. The summed E-state index contributed by atoms with van der Waals surface area (Å²) < 4.78 is 5.86. The van der Waals surface area contributed by atoms with Crippen LogP contribution in [0.4, 0.5) is 0 Å². The van der Waals surface area contributed by atoms with E-state index in [0.29, 0.717) is 12.1 Å². The van der Waals surface area contributed by atoms with Gasteiger partial charge >= 0.3 is 7.12 Å². The predicted molar refractivity (Wildman–Crippen MR) is 129 cm³/mol. The molecule has 0 atom stereocenters. The number of ether oxygens (including phenoxy) is 1. The Balaban J connectivity index is 2.03. The number of benzene rings is 3. The Morgan fingerprint density at radius 2 is 1.39 bits per heavy atom. The minimum absolute atomic E-state index is 0.477. The fourth-order valence-corrected chi connectivity index (χ4v) is 3.57. The molecule has 0 unspecified atom stereocenters. The summed E-state index contributed by atoms with van der Waals surface area (Å²) in [7, 11) is 2.58. The zero-order valence-electron chi connectivity index (χ0n) is 18.5. The van der Waals surface area contributed by atoms with Crippen molar-refractivity contribution in [3.8, 4) is 5.75 Å². The van der Waals surface area contributed by atoms with Crippen molar-refractivity contribution in [2.24, 2.45) is 0 Å². The summed E-state index contributed by atoms with van der Waals surface area (Å²) in [5.74, 6) is 0.849. The maximum Gasteiger partial charge on any atom is 0.488 e. The van der Waals surface area contributed by atoms with Gasteiger partial charge in [0, 0.05) is 6.54 Å². The Bertz CT molecular complexity index is 981. The lowest BCUT2D eigenvalue weighted by Crippen LogP contribution is -2.29. The summed E-state index contributed by atoms with van der Waals surface area (Å²) in [4.78, 5) is 2.09. The number of nitrogens with zero attached hydrogens (tertiary/aromatic N) is 1. The molecule has 3 aromatic carbocycles. The van der Waals surface area contributed by atoms with Crippen LogP contribution in [0.2, 0.25) is 0 Å². The second-order valence-electron chi connectivity index (χ2n) is 7.74. The molecule has 0 aliphatic heterocycles. The van der Waals surface area contributed by atoms with E-state index in [0.717, 1.165) is 35.4 Å². The summed E-state index contributed by atoms with van der Waals surface area (Å²) in [5.41, 5.74) is 6.15. The van der Waals surface area contributed by atoms with E-state index in [1.165, 1.54) is 11.1 Å². The second-order valence-corrected chi connectivity index (χ2v) is 7.74. The predicted octanol–water partition coefficient (Wildman–Crippen LogP) is 3.68. The molecule has 31 heavy (non-hydrogen) atoms. The van der Waals surface area contributed by atoms with Gasteiger partial charge in [-0.3, -0.25) is 0 Å². The van der Waals surface area contributed by atoms with Gasteiger partial charge in [-0.1, -0.05) is 73.7 Å². The van der Waals surface area contributed by atoms with Crippen LogP contribution in [-0.4, -0.2) is 49.3 Å². The third-order valence-corrected chi connectivity index (χ3v) is 5.23. The van der Waals surface area contributed by atoms with E-state index in [4.69, 9.17) is 4.74 Å². The van der Waals surface area contributed by atoms with Gasteiger partial charge in [0.2, 0.25) is 0 Å². The summed E-state index contributed by atoms with van der Waals surface area (Å²) in [6.07, 6.45) is 0.866. The molecule has 3 aromatic rings. The number of hydrogen-bond donors (Lipinski definition) is 2. The normalized spacial score (nSPS) is 11.9. The molecule has 0 amide bonds. The monoisotopic (exact) mass is 415 g/mol. The average Bonchev–Trinajstić information content (AvgIpc) is 2.78. The molecule has 160 valence electrons. The van der Waals surface area contributed by atoms with Crippen LogP contribution in [0.15, 0.2) is 78.9 Å². The molecule has 0 radical (unpaired) electrons. The highest BCUT2D eigenvalue weighted by Gasteiger charge is 2.15. The first-order valence-electron chi connectivity index (χ1n) is 10.6. The number of likely N-dealkylation sites (N-methyl/N-ethyl adjacent to an activating group) is 1. The maximum absolute atomic E-state index is 9.47. The molecule has 0 heterocycles. The molecule has 3 rings (SSSR count). The van der Waals surface area contributed by atoms with Gasteiger partial charge in [0.05, 0.1) is 0 Å². The standard InChI is InChI=1S/C26H30BNO3/c1-4-25(20-8-6-5-7-9-20)26(21-10-14-23(15-11-21)27(29)30)22-12-16-24(17-13-22)31-19-18-28(2)3/h5-17,29-30H,4,18-19H2,1-3H3. The fraction of sp³-hybridized carbons (Fsp3) is 0.231. The molecular formula is C26H30BNO3. The molecule has 0 spiro atoms. The van der Waals surface area contributed by atoms with Crippen molar-refractivity contribution < 1.29 is 14.8 Å². The van der Waals surface area contributed by atoms with Gasteiger partial charge in [0.15, 0.2) is 0 Å². The van der Waals surface area contributed by atoms with Gasteiger partial charge in [-0.25, -0.2) is 0 Å². The number of hydrogen-bond acceptors (Lipinski definition) is 4. The van der Waals surface area contributed by atoms with E-state index in [1.54, 1.807) is 12.1 Å². The van der Waals surface area contributed by atoms with Crippen molar-refractivity contribution in [2.45, 2.75) is 13.3 Å². The lowest BCUT2D eigenvalue weighted by molar-refractivity contribution is 0.261. The molecule has 0 fully saturated rings. The van der Waals surface area contributed by atoms with Crippen LogP contribution in [-0.2, 0) is 0 Å².